The molecule has 0 aromatic rings. The molecular weight excluding hydrogens is 168 g/mol. The molecule has 3 nitrogen and oxygen atoms in total. The molecule has 13 heavy (non-hydrogen) atoms. The van der Waals surface area contributed by atoms with Crippen LogP contribution in [0, 0.1) is 5.41 Å². The Kier molecular flexibility index (Phi) is 2.28. The first-order valence-electron chi connectivity index (χ1n) is 4.38. The fraction of sp³-hybridized carbons (Fsp3) is 0.600. The summed E-state index contributed by atoms with van der Waals surface area (Å²) in [5.41, 5.74) is 0.742. The Hall–Kier alpha value is -1.12. The van der Waals surface area contributed by atoms with Gasteiger partial charge in [0.1, 0.15) is 0 Å². The van der Waals surface area contributed by atoms with Crippen molar-refractivity contribution < 1.29 is 14.3 Å². The number of rotatable bonds is 1. The van der Waals surface area contributed by atoms with Gasteiger partial charge in [0, 0.05) is 5.57 Å². The van der Waals surface area contributed by atoms with E-state index < -0.39 is 11.9 Å². The molecule has 1 aliphatic rings. The average molecular weight is 182 g/mol. The van der Waals surface area contributed by atoms with Crippen LogP contribution in [-0.4, -0.2) is 11.9 Å². The van der Waals surface area contributed by atoms with E-state index in [0.29, 0.717) is 17.6 Å². The average Bonchev–Trinajstić information content (AvgIpc) is 2.23. The van der Waals surface area contributed by atoms with Crippen molar-refractivity contribution in [3.8, 4) is 0 Å². The van der Waals surface area contributed by atoms with Crippen LogP contribution in [0.2, 0.25) is 0 Å². The molecule has 0 saturated carbocycles. The lowest BCUT2D eigenvalue weighted by molar-refractivity contribution is -0.151. The predicted octanol–water partition coefficient (Wildman–Crippen LogP) is 1.82. The van der Waals surface area contributed by atoms with Gasteiger partial charge in [-0.2, -0.15) is 0 Å². The maximum atomic E-state index is 11.3. The SMILES string of the molecule is CCC1=C(C(C)(C)C)C(=O)OC1=O. The number of ether oxygens (including phenoxy) is 1. The van der Waals surface area contributed by atoms with Gasteiger partial charge in [-0.25, -0.2) is 9.59 Å². The molecule has 0 fully saturated rings. The highest BCUT2D eigenvalue weighted by Gasteiger charge is 2.38. The van der Waals surface area contributed by atoms with Crippen molar-refractivity contribution in [2.75, 3.05) is 0 Å². The van der Waals surface area contributed by atoms with E-state index in [9.17, 15) is 9.59 Å². The van der Waals surface area contributed by atoms with E-state index in [1.54, 1.807) is 0 Å². The van der Waals surface area contributed by atoms with E-state index in [2.05, 4.69) is 4.74 Å². The Balaban J connectivity index is 3.22. The highest BCUT2D eigenvalue weighted by molar-refractivity contribution is 6.12. The molecule has 0 bridgehead atoms. The quantitative estimate of drug-likeness (QED) is 0.459. The maximum absolute atomic E-state index is 11.3. The number of cyclic esters (lactones) is 2. The largest absolute Gasteiger partial charge is 0.386 e. The van der Waals surface area contributed by atoms with Crippen molar-refractivity contribution in [3.63, 3.8) is 0 Å². The molecule has 0 N–H and O–H groups in total. The molecule has 1 aliphatic heterocycles. The number of hydrogen-bond acceptors (Lipinski definition) is 3. The second-order valence-corrected chi connectivity index (χ2v) is 4.13. The second-order valence-electron chi connectivity index (χ2n) is 4.13. The molecule has 0 atom stereocenters. The number of esters is 2. The van der Waals surface area contributed by atoms with Gasteiger partial charge in [-0.3, -0.25) is 0 Å². The zero-order valence-corrected chi connectivity index (χ0v) is 8.43. The van der Waals surface area contributed by atoms with Crippen LogP contribution in [0.3, 0.4) is 0 Å². The summed E-state index contributed by atoms with van der Waals surface area (Å²) < 4.78 is 4.55. The number of carbonyl (C=O) groups is 2. The fourth-order valence-corrected chi connectivity index (χ4v) is 1.50. The Morgan fingerprint density at radius 2 is 1.69 bits per heavy atom. The molecule has 3 heteroatoms. The van der Waals surface area contributed by atoms with Crippen LogP contribution in [0.25, 0.3) is 0 Å². The van der Waals surface area contributed by atoms with Gasteiger partial charge in [-0.1, -0.05) is 27.7 Å². The van der Waals surface area contributed by atoms with Gasteiger partial charge >= 0.3 is 11.9 Å². The summed E-state index contributed by atoms with van der Waals surface area (Å²) in [5, 5.41) is 0. The summed E-state index contributed by atoms with van der Waals surface area (Å²) in [7, 11) is 0. The first-order valence-corrected chi connectivity index (χ1v) is 4.38. The van der Waals surface area contributed by atoms with Crippen molar-refractivity contribution in [2.24, 2.45) is 5.41 Å². The minimum Gasteiger partial charge on any atom is -0.386 e. The van der Waals surface area contributed by atoms with E-state index in [1.165, 1.54) is 0 Å². The predicted molar refractivity (Wildman–Crippen MR) is 47.9 cm³/mol. The smallest absolute Gasteiger partial charge is 0.342 e. The lowest BCUT2D eigenvalue weighted by Gasteiger charge is -2.17. The van der Waals surface area contributed by atoms with E-state index in [0.717, 1.165) is 0 Å². The van der Waals surface area contributed by atoms with E-state index in [4.69, 9.17) is 0 Å². The summed E-state index contributed by atoms with van der Waals surface area (Å²) in [6.07, 6.45) is 0.553. The molecule has 0 amide bonds. The molecule has 0 aromatic carbocycles. The van der Waals surface area contributed by atoms with Crippen molar-refractivity contribution >= 4 is 11.9 Å². The van der Waals surface area contributed by atoms with Crippen molar-refractivity contribution in [1.82, 2.24) is 0 Å². The maximum Gasteiger partial charge on any atom is 0.342 e. The molecule has 0 radical (unpaired) electrons. The third-order valence-electron chi connectivity index (χ3n) is 2.04. The minimum absolute atomic E-state index is 0.311. The van der Waals surface area contributed by atoms with Crippen molar-refractivity contribution in [2.45, 2.75) is 34.1 Å². The standard InChI is InChI=1S/C10H14O3/c1-5-6-7(10(2,3)4)9(12)13-8(6)11/h5H2,1-4H3. The van der Waals surface area contributed by atoms with E-state index >= 15 is 0 Å². The van der Waals surface area contributed by atoms with Crippen LogP contribution in [0.1, 0.15) is 34.1 Å². The van der Waals surface area contributed by atoms with Gasteiger partial charge in [-0.05, 0) is 11.8 Å². The Morgan fingerprint density at radius 1 is 1.15 bits per heavy atom. The molecule has 1 rings (SSSR count). The Morgan fingerprint density at radius 3 is 2.00 bits per heavy atom. The van der Waals surface area contributed by atoms with Gasteiger partial charge in [0.15, 0.2) is 0 Å². The molecule has 0 aliphatic carbocycles. The molecule has 72 valence electrons. The van der Waals surface area contributed by atoms with Gasteiger partial charge in [0.05, 0.1) is 5.57 Å². The molecule has 1 heterocycles. The lowest BCUT2D eigenvalue weighted by atomic mass is 9.83. The van der Waals surface area contributed by atoms with Crippen LogP contribution in [0.4, 0.5) is 0 Å². The third kappa shape index (κ3) is 1.64. The summed E-state index contributed by atoms with van der Waals surface area (Å²) in [5.74, 6) is -0.952. The summed E-state index contributed by atoms with van der Waals surface area (Å²) in [4.78, 5) is 22.5. The highest BCUT2D eigenvalue weighted by atomic mass is 16.6. The zero-order chi connectivity index (χ0) is 10.2. The van der Waals surface area contributed by atoms with Crippen LogP contribution in [-0.2, 0) is 14.3 Å². The van der Waals surface area contributed by atoms with Crippen LogP contribution >= 0.6 is 0 Å². The third-order valence-corrected chi connectivity index (χ3v) is 2.04. The van der Waals surface area contributed by atoms with E-state index in [-0.39, 0.29) is 5.41 Å². The molecule has 0 unspecified atom stereocenters. The molecule has 0 spiro atoms. The monoisotopic (exact) mass is 182 g/mol. The van der Waals surface area contributed by atoms with Gasteiger partial charge < -0.3 is 4.74 Å². The molecular formula is C10H14O3. The van der Waals surface area contributed by atoms with Crippen LogP contribution in [0.5, 0.6) is 0 Å². The number of hydrogen-bond donors (Lipinski definition) is 0. The van der Waals surface area contributed by atoms with Gasteiger partial charge in [0.25, 0.3) is 0 Å². The normalized spacial score (nSPS) is 18.2. The first-order chi connectivity index (χ1) is 5.88. The van der Waals surface area contributed by atoms with Crippen LogP contribution < -0.4 is 0 Å². The Labute approximate surface area is 77.8 Å². The fourth-order valence-electron chi connectivity index (χ4n) is 1.50. The highest BCUT2D eigenvalue weighted by Crippen LogP contribution is 2.34. The number of carbonyl (C=O) groups excluding carboxylic acids is 2. The van der Waals surface area contributed by atoms with Gasteiger partial charge in [-0.15, -0.1) is 0 Å². The van der Waals surface area contributed by atoms with Crippen molar-refractivity contribution in [1.29, 1.82) is 0 Å². The topological polar surface area (TPSA) is 43.4 Å². The van der Waals surface area contributed by atoms with Crippen LogP contribution in [0.15, 0.2) is 11.1 Å². The lowest BCUT2D eigenvalue weighted by Crippen LogP contribution is -2.16. The molecule has 0 saturated heterocycles. The second kappa shape index (κ2) is 2.98. The Bertz CT molecular complexity index is 292. The van der Waals surface area contributed by atoms with Gasteiger partial charge in [0.2, 0.25) is 0 Å². The van der Waals surface area contributed by atoms with Crippen molar-refractivity contribution in [3.05, 3.63) is 11.1 Å². The van der Waals surface area contributed by atoms with E-state index in [1.807, 2.05) is 27.7 Å². The first kappa shape index (κ1) is 9.96. The zero-order valence-electron chi connectivity index (χ0n) is 8.43. The minimum atomic E-state index is -0.477. The summed E-state index contributed by atoms with van der Waals surface area (Å²) in [6.45, 7) is 7.55. The molecule has 0 aromatic heterocycles. The summed E-state index contributed by atoms with van der Waals surface area (Å²) >= 11 is 0. The summed E-state index contributed by atoms with van der Waals surface area (Å²) in [6, 6.07) is 0.